The van der Waals surface area contributed by atoms with Crippen molar-refractivity contribution in [3.63, 3.8) is 0 Å². The SMILES string of the molecule is c1ccc(-c2ccc(-c3c4ccccc4c(-c4ccc5ccccc5c4)c4ccccc34)cc2)cc1.c1ccc(-c2cccc(-c3c4ccccc4c(-c4ccc5ccccc5c4)c4ccccc34)c2)cc1.c1ccc2cc(-c3c4ccccc4c(-c4ccc5cc(-c6cccc7ccccc67)ccc5c4)c4ccccc34)ccc2c1. The first-order valence-electron chi connectivity index (χ1n) is 40.2. The van der Waals surface area contributed by atoms with Crippen molar-refractivity contribution in [3.05, 3.63) is 461 Å². The zero-order valence-corrected chi connectivity index (χ0v) is 63.9. The molecule has 0 N–H and O–H groups in total. The Kier molecular flexibility index (Phi) is 17.7. The van der Waals surface area contributed by atoms with Gasteiger partial charge in [-0.1, -0.05) is 425 Å². The van der Waals surface area contributed by atoms with Gasteiger partial charge in [0, 0.05) is 0 Å². The van der Waals surface area contributed by atoms with Crippen molar-refractivity contribution in [3.8, 4) is 100 Å². The van der Waals surface area contributed by atoms with Gasteiger partial charge in [0.15, 0.2) is 0 Å². The molecular formula is C116H76. The van der Waals surface area contributed by atoms with Crippen molar-refractivity contribution < 1.29 is 0 Å². The lowest BCUT2D eigenvalue weighted by Gasteiger charge is -2.18. The molecule has 0 nitrogen and oxygen atoms in total. The summed E-state index contributed by atoms with van der Waals surface area (Å²) in [6.45, 7) is 0. The summed E-state index contributed by atoms with van der Waals surface area (Å²) < 4.78 is 0. The molecule has 116 heavy (non-hydrogen) atoms. The molecule has 0 radical (unpaired) electrons. The highest BCUT2D eigenvalue weighted by atomic mass is 14.3. The molecule has 0 unspecified atom stereocenters. The van der Waals surface area contributed by atoms with Gasteiger partial charge >= 0.3 is 0 Å². The van der Waals surface area contributed by atoms with Crippen LogP contribution in [-0.2, 0) is 0 Å². The molecule has 0 fully saturated rings. The first-order valence-corrected chi connectivity index (χ1v) is 40.2. The molecule has 0 aliphatic carbocycles. The van der Waals surface area contributed by atoms with Crippen LogP contribution in [0.4, 0.5) is 0 Å². The maximum Gasteiger partial charge on any atom is -0.00262 e. The smallest absolute Gasteiger partial charge is 0.00262 e. The molecule has 0 heterocycles. The lowest BCUT2D eigenvalue weighted by atomic mass is 9.85. The van der Waals surface area contributed by atoms with E-state index in [1.165, 1.54) is 219 Å². The quantitative estimate of drug-likeness (QED) is 0.126. The molecule has 0 saturated heterocycles. The Morgan fingerprint density at radius 1 is 0.0862 bits per heavy atom. The van der Waals surface area contributed by atoms with E-state index in [0.717, 1.165) is 0 Å². The van der Waals surface area contributed by atoms with Crippen LogP contribution in [0.1, 0.15) is 0 Å². The summed E-state index contributed by atoms with van der Waals surface area (Å²) in [6.07, 6.45) is 0. The van der Waals surface area contributed by atoms with E-state index in [9.17, 15) is 0 Å². The Morgan fingerprint density at radius 3 is 0.647 bits per heavy atom. The number of benzene rings is 23. The van der Waals surface area contributed by atoms with Gasteiger partial charge in [0.25, 0.3) is 0 Å². The van der Waals surface area contributed by atoms with Crippen LogP contribution in [0.15, 0.2) is 461 Å². The van der Waals surface area contributed by atoms with Crippen LogP contribution in [0.3, 0.4) is 0 Å². The second-order valence-electron chi connectivity index (χ2n) is 30.4. The lowest BCUT2D eigenvalue weighted by Crippen LogP contribution is -1.91. The first-order chi connectivity index (χ1) is 57.5. The van der Waals surface area contributed by atoms with Gasteiger partial charge in [0.2, 0.25) is 0 Å². The van der Waals surface area contributed by atoms with Crippen LogP contribution in [0.2, 0.25) is 0 Å². The van der Waals surface area contributed by atoms with Gasteiger partial charge in [-0.2, -0.15) is 0 Å². The fourth-order valence-corrected chi connectivity index (χ4v) is 18.3. The van der Waals surface area contributed by atoms with Crippen LogP contribution in [0.5, 0.6) is 0 Å². The Hall–Kier alpha value is -15.1. The van der Waals surface area contributed by atoms with Crippen molar-refractivity contribution in [1.82, 2.24) is 0 Å². The third-order valence-electron chi connectivity index (χ3n) is 23.7. The molecule has 0 aromatic heterocycles. The van der Waals surface area contributed by atoms with Gasteiger partial charge in [-0.15, -0.1) is 0 Å². The van der Waals surface area contributed by atoms with E-state index in [2.05, 4.69) is 461 Å². The molecule has 0 heteroatoms. The predicted molar refractivity (Wildman–Crippen MR) is 501 cm³/mol. The molecule has 0 aliphatic rings. The number of hydrogen-bond donors (Lipinski definition) is 0. The van der Waals surface area contributed by atoms with Gasteiger partial charge in [-0.05, 0) is 255 Å². The third kappa shape index (κ3) is 12.6. The van der Waals surface area contributed by atoms with Crippen LogP contribution >= 0.6 is 0 Å². The molecule has 0 bridgehead atoms. The molecule has 23 rings (SSSR count). The Bertz CT molecular complexity index is 7560. The summed E-state index contributed by atoms with van der Waals surface area (Å²) >= 11 is 0. The zero-order chi connectivity index (χ0) is 76.8. The number of hydrogen-bond acceptors (Lipinski definition) is 0. The topological polar surface area (TPSA) is 0 Å². The van der Waals surface area contributed by atoms with E-state index in [-0.39, 0.29) is 0 Å². The fourth-order valence-electron chi connectivity index (χ4n) is 18.3. The standard InChI is InChI=1S/C44H28.2C36H24/c1-2-12-31-27-35(24-20-29(31)10-1)43-39-15-5-7-17-41(39)44(42-18-8-6-16-40(42)43)36-25-22-32-26-34(23-21-33(32)28-36)38-19-9-13-30-11-3-4-14-37(30)38;1-2-11-25(12-3-1)28-15-10-16-29(23-28)35-31-17-6-8-19-33(31)36(34-20-9-7-18-32(34)35)30-22-21-26-13-4-5-14-27(26)24-30;1-2-10-25(11-3-1)27-18-21-28(22-19-27)35-31-14-6-8-16-33(31)36(34-17-9-7-15-32(34)35)30-23-20-26-12-4-5-13-29(26)24-30/h1-28H;2*1-24H. The average molecular weight is 1470 g/mol. The van der Waals surface area contributed by atoms with E-state index in [1.807, 2.05) is 0 Å². The summed E-state index contributed by atoms with van der Waals surface area (Å²) in [4.78, 5) is 0. The van der Waals surface area contributed by atoms with Gasteiger partial charge in [0.1, 0.15) is 0 Å². The monoisotopic (exact) mass is 1470 g/mol. The molecular weight excluding hydrogens is 1390 g/mol. The molecule has 0 saturated carbocycles. The van der Waals surface area contributed by atoms with E-state index in [4.69, 9.17) is 0 Å². The van der Waals surface area contributed by atoms with Gasteiger partial charge in [-0.25, -0.2) is 0 Å². The molecule has 540 valence electrons. The summed E-state index contributed by atoms with van der Waals surface area (Å²) in [6, 6.07) is 168. The normalized spacial score (nSPS) is 11.4. The first kappa shape index (κ1) is 68.9. The van der Waals surface area contributed by atoms with Crippen molar-refractivity contribution in [1.29, 1.82) is 0 Å². The second kappa shape index (κ2) is 29.9. The van der Waals surface area contributed by atoms with Crippen LogP contribution < -0.4 is 0 Å². The Morgan fingerprint density at radius 2 is 0.284 bits per heavy atom. The van der Waals surface area contributed by atoms with Gasteiger partial charge < -0.3 is 0 Å². The van der Waals surface area contributed by atoms with Crippen LogP contribution in [-0.4, -0.2) is 0 Å². The molecule has 0 amide bonds. The molecule has 0 aliphatic heterocycles. The Labute approximate surface area is 675 Å². The Balaban J connectivity index is 0.000000110. The average Bonchev–Trinajstić information content (AvgIpc) is 0.740. The highest BCUT2D eigenvalue weighted by Crippen LogP contribution is 2.49. The van der Waals surface area contributed by atoms with Gasteiger partial charge in [0.05, 0.1) is 0 Å². The maximum absolute atomic E-state index is 2.37. The molecule has 0 atom stereocenters. The number of rotatable bonds is 9. The number of fused-ring (bicyclic) bond motifs is 11. The van der Waals surface area contributed by atoms with E-state index >= 15 is 0 Å². The second-order valence-corrected chi connectivity index (χ2v) is 30.4. The van der Waals surface area contributed by atoms with Crippen molar-refractivity contribution in [2.45, 2.75) is 0 Å². The predicted octanol–water partition coefficient (Wildman–Crippen LogP) is 32.7. The third-order valence-corrected chi connectivity index (χ3v) is 23.7. The zero-order valence-electron chi connectivity index (χ0n) is 63.9. The summed E-state index contributed by atoms with van der Waals surface area (Å²) in [5.41, 5.74) is 22.8. The van der Waals surface area contributed by atoms with E-state index in [0.29, 0.717) is 0 Å². The largest absolute Gasteiger partial charge is 0.0622 e. The van der Waals surface area contributed by atoms with Crippen molar-refractivity contribution in [2.75, 3.05) is 0 Å². The van der Waals surface area contributed by atoms with Crippen molar-refractivity contribution >= 4 is 118 Å². The molecule has 0 spiro atoms. The van der Waals surface area contributed by atoms with Crippen molar-refractivity contribution in [2.24, 2.45) is 0 Å². The van der Waals surface area contributed by atoms with Crippen LogP contribution in [0.25, 0.3) is 219 Å². The summed E-state index contributed by atoms with van der Waals surface area (Å²) in [5.74, 6) is 0. The minimum absolute atomic E-state index is 1.24. The fraction of sp³-hybridized carbons (Fsp3) is 0. The highest BCUT2D eigenvalue weighted by Gasteiger charge is 2.22. The molecule has 23 aromatic carbocycles. The lowest BCUT2D eigenvalue weighted by molar-refractivity contribution is 1.61. The minimum atomic E-state index is 1.24. The summed E-state index contributed by atoms with van der Waals surface area (Å²) in [7, 11) is 0. The summed E-state index contributed by atoms with van der Waals surface area (Å²) in [5, 5.41) is 28.0. The highest BCUT2D eigenvalue weighted by molar-refractivity contribution is 6.25. The van der Waals surface area contributed by atoms with Crippen LogP contribution in [0, 0.1) is 0 Å². The maximum atomic E-state index is 2.37. The molecule has 23 aromatic rings. The van der Waals surface area contributed by atoms with Gasteiger partial charge in [-0.3, -0.25) is 0 Å². The van der Waals surface area contributed by atoms with E-state index < -0.39 is 0 Å². The van der Waals surface area contributed by atoms with E-state index in [1.54, 1.807) is 0 Å². The minimum Gasteiger partial charge on any atom is -0.0622 e.